The van der Waals surface area contributed by atoms with Crippen LogP contribution in [0.5, 0.6) is 0 Å². The van der Waals surface area contributed by atoms with Crippen LogP contribution in [-0.4, -0.2) is 12.6 Å². The molecule has 13 heavy (non-hydrogen) atoms. The van der Waals surface area contributed by atoms with Crippen LogP contribution in [-0.2, 0) is 0 Å². The van der Waals surface area contributed by atoms with Gasteiger partial charge in [-0.1, -0.05) is 24.3 Å². The summed E-state index contributed by atoms with van der Waals surface area (Å²) in [6.45, 7) is 2.99. The van der Waals surface area contributed by atoms with Gasteiger partial charge in [0.1, 0.15) is 0 Å². The minimum absolute atomic E-state index is 0.161. The fraction of sp³-hybridized carbons (Fsp3) is 0.455. The fourth-order valence-corrected chi connectivity index (χ4v) is 2.11. The Kier molecular flexibility index (Phi) is 2.00. The molecule has 0 aromatic heterocycles. The summed E-state index contributed by atoms with van der Waals surface area (Å²) >= 11 is 0. The lowest BCUT2D eigenvalue weighted by molar-refractivity contribution is 0.440. The topological polar surface area (TPSA) is 38.0 Å². The van der Waals surface area contributed by atoms with E-state index in [0.29, 0.717) is 6.04 Å². The van der Waals surface area contributed by atoms with Crippen LogP contribution in [0.3, 0.4) is 0 Å². The van der Waals surface area contributed by atoms with Crippen molar-refractivity contribution < 1.29 is 0 Å². The van der Waals surface area contributed by atoms with Crippen molar-refractivity contribution in [2.24, 2.45) is 11.1 Å². The highest BCUT2D eigenvalue weighted by Crippen LogP contribution is 2.40. The molecule has 0 bridgehead atoms. The van der Waals surface area contributed by atoms with Crippen molar-refractivity contribution in [3.05, 3.63) is 36.1 Å². The summed E-state index contributed by atoms with van der Waals surface area (Å²) in [6.07, 6.45) is 11.8. The molecule has 70 valence electrons. The molecule has 0 aromatic carbocycles. The first-order chi connectivity index (χ1) is 6.27. The molecule has 2 aliphatic rings. The second-order valence-electron chi connectivity index (χ2n) is 3.88. The quantitative estimate of drug-likeness (QED) is 0.666. The van der Waals surface area contributed by atoms with E-state index >= 15 is 0 Å². The van der Waals surface area contributed by atoms with E-state index < -0.39 is 0 Å². The van der Waals surface area contributed by atoms with Gasteiger partial charge in [0, 0.05) is 5.41 Å². The molecule has 2 nitrogen and oxygen atoms in total. The van der Waals surface area contributed by atoms with E-state index in [1.54, 1.807) is 0 Å². The van der Waals surface area contributed by atoms with Crippen LogP contribution in [0.2, 0.25) is 0 Å². The van der Waals surface area contributed by atoms with Crippen LogP contribution < -0.4 is 11.1 Å². The van der Waals surface area contributed by atoms with E-state index in [-0.39, 0.29) is 5.41 Å². The zero-order valence-electron chi connectivity index (χ0n) is 7.96. The number of allylic oxidation sites excluding steroid dienone is 2. The van der Waals surface area contributed by atoms with Crippen molar-refractivity contribution in [2.45, 2.75) is 19.4 Å². The molecule has 0 saturated carbocycles. The Morgan fingerprint density at radius 3 is 3.15 bits per heavy atom. The zero-order valence-corrected chi connectivity index (χ0v) is 7.96. The van der Waals surface area contributed by atoms with Gasteiger partial charge in [-0.3, -0.25) is 0 Å². The summed E-state index contributed by atoms with van der Waals surface area (Å²) in [5.41, 5.74) is 7.16. The SMILES string of the molecule is CC12C=CC=CC1NC=C2CCN. The summed E-state index contributed by atoms with van der Waals surface area (Å²) < 4.78 is 0. The van der Waals surface area contributed by atoms with Gasteiger partial charge in [-0.05, 0) is 31.7 Å². The van der Waals surface area contributed by atoms with E-state index in [0.717, 1.165) is 13.0 Å². The lowest BCUT2D eigenvalue weighted by Crippen LogP contribution is -2.35. The van der Waals surface area contributed by atoms with Crippen LogP contribution >= 0.6 is 0 Å². The van der Waals surface area contributed by atoms with Gasteiger partial charge in [-0.15, -0.1) is 0 Å². The Hall–Kier alpha value is -1.02. The molecular formula is C11H16N2. The smallest absolute Gasteiger partial charge is 0.0568 e. The summed E-state index contributed by atoms with van der Waals surface area (Å²) in [5, 5.41) is 3.38. The number of nitrogens with one attached hydrogen (secondary N) is 1. The highest BCUT2D eigenvalue weighted by molar-refractivity contribution is 5.37. The molecule has 2 heteroatoms. The molecule has 1 aliphatic carbocycles. The minimum Gasteiger partial charge on any atom is -0.383 e. The lowest BCUT2D eigenvalue weighted by Gasteiger charge is -2.31. The molecule has 2 rings (SSSR count). The van der Waals surface area contributed by atoms with Crippen molar-refractivity contribution in [3.8, 4) is 0 Å². The molecule has 1 aliphatic heterocycles. The maximum absolute atomic E-state index is 5.58. The molecule has 0 fully saturated rings. The Balaban J connectivity index is 2.24. The molecule has 0 aromatic rings. The Morgan fingerprint density at radius 2 is 2.38 bits per heavy atom. The Morgan fingerprint density at radius 1 is 1.54 bits per heavy atom. The maximum Gasteiger partial charge on any atom is 0.0568 e. The number of hydrogen-bond acceptors (Lipinski definition) is 2. The Bertz CT molecular complexity index is 288. The van der Waals surface area contributed by atoms with Crippen molar-refractivity contribution in [2.75, 3.05) is 6.54 Å². The van der Waals surface area contributed by atoms with Crippen LogP contribution in [0, 0.1) is 5.41 Å². The third-order valence-corrected chi connectivity index (χ3v) is 3.05. The van der Waals surface area contributed by atoms with Crippen LogP contribution in [0.15, 0.2) is 36.1 Å². The van der Waals surface area contributed by atoms with Gasteiger partial charge in [0.15, 0.2) is 0 Å². The molecule has 2 atom stereocenters. The summed E-state index contributed by atoms with van der Waals surface area (Å²) in [4.78, 5) is 0. The van der Waals surface area contributed by atoms with Gasteiger partial charge in [0.2, 0.25) is 0 Å². The minimum atomic E-state index is 0.161. The first-order valence-corrected chi connectivity index (χ1v) is 4.79. The molecule has 2 unspecified atom stereocenters. The van der Waals surface area contributed by atoms with Gasteiger partial charge in [-0.25, -0.2) is 0 Å². The van der Waals surface area contributed by atoms with Gasteiger partial charge in [0.05, 0.1) is 6.04 Å². The second kappa shape index (κ2) is 3.04. The zero-order chi connectivity index (χ0) is 9.31. The normalized spacial score (nSPS) is 35.5. The lowest BCUT2D eigenvalue weighted by atomic mass is 9.75. The van der Waals surface area contributed by atoms with Crippen molar-refractivity contribution in [1.82, 2.24) is 5.32 Å². The monoisotopic (exact) mass is 176 g/mol. The first kappa shape index (κ1) is 8.57. The summed E-state index contributed by atoms with van der Waals surface area (Å²) in [5.74, 6) is 0. The van der Waals surface area contributed by atoms with Crippen molar-refractivity contribution in [1.29, 1.82) is 0 Å². The third kappa shape index (κ3) is 1.22. The van der Waals surface area contributed by atoms with Gasteiger partial charge in [-0.2, -0.15) is 0 Å². The van der Waals surface area contributed by atoms with E-state index in [1.807, 2.05) is 0 Å². The maximum atomic E-state index is 5.58. The molecule has 1 heterocycles. The van der Waals surface area contributed by atoms with Crippen LogP contribution in [0.1, 0.15) is 13.3 Å². The average Bonchev–Trinajstić information content (AvgIpc) is 2.45. The molecule has 0 saturated heterocycles. The highest BCUT2D eigenvalue weighted by Gasteiger charge is 2.38. The largest absolute Gasteiger partial charge is 0.383 e. The summed E-state index contributed by atoms with van der Waals surface area (Å²) in [6, 6.07) is 0.430. The van der Waals surface area contributed by atoms with Gasteiger partial charge in [0.25, 0.3) is 0 Å². The van der Waals surface area contributed by atoms with Crippen LogP contribution in [0.25, 0.3) is 0 Å². The van der Waals surface area contributed by atoms with Gasteiger partial charge >= 0.3 is 0 Å². The number of rotatable bonds is 2. The van der Waals surface area contributed by atoms with Crippen molar-refractivity contribution in [3.63, 3.8) is 0 Å². The number of hydrogen-bond donors (Lipinski definition) is 2. The van der Waals surface area contributed by atoms with E-state index in [2.05, 4.69) is 42.7 Å². The highest BCUT2D eigenvalue weighted by atomic mass is 14.9. The molecular weight excluding hydrogens is 160 g/mol. The molecule has 0 amide bonds. The Labute approximate surface area is 79.2 Å². The number of fused-ring (bicyclic) bond motifs is 1. The predicted octanol–water partition coefficient (Wildman–Crippen LogP) is 1.32. The van der Waals surface area contributed by atoms with E-state index in [9.17, 15) is 0 Å². The van der Waals surface area contributed by atoms with Crippen molar-refractivity contribution >= 4 is 0 Å². The standard InChI is InChI=1S/C11H16N2/c1-11-6-3-2-4-10(11)13-8-9(11)5-7-12/h2-4,6,8,10,13H,5,7,12H2,1H3. The van der Waals surface area contributed by atoms with E-state index in [4.69, 9.17) is 5.73 Å². The second-order valence-corrected chi connectivity index (χ2v) is 3.88. The number of nitrogens with two attached hydrogens (primary N) is 1. The third-order valence-electron chi connectivity index (χ3n) is 3.05. The first-order valence-electron chi connectivity index (χ1n) is 4.79. The van der Waals surface area contributed by atoms with Gasteiger partial charge < -0.3 is 11.1 Å². The molecule has 3 N–H and O–H groups in total. The fourth-order valence-electron chi connectivity index (χ4n) is 2.11. The molecule has 0 spiro atoms. The molecule has 0 radical (unpaired) electrons. The summed E-state index contributed by atoms with van der Waals surface area (Å²) in [7, 11) is 0. The average molecular weight is 176 g/mol. The van der Waals surface area contributed by atoms with E-state index in [1.165, 1.54) is 5.57 Å². The predicted molar refractivity (Wildman–Crippen MR) is 55.1 cm³/mol. The van der Waals surface area contributed by atoms with Crippen LogP contribution in [0.4, 0.5) is 0 Å².